The Morgan fingerprint density at radius 2 is 2.05 bits per heavy atom. The second-order valence-electron chi connectivity index (χ2n) is 4.53. The molecule has 1 fully saturated rings. The van der Waals surface area contributed by atoms with Gasteiger partial charge < -0.3 is 15.6 Å². The fourth-order valence-corrected chi connectivity index (χ4v) is 1.83. The topological polar surface area (TPSA) is 75.8 Å². The zero-order chi connectivity index (χ0) is 15.0. The van der Waals surface area contributed by atoms with Gasteiger partial charge in [0.05, 0.1) is 6.54 Å². The van der Waals surface area contributed by atoms with Crippen LogP contribution in [0.25, 0.3) is 0 Å². The molecule has 0 aromatic heterocycles. The summed E-state index contributed by atoms with van der Waals surface area (Å²) in [6.07, 6.45) is -7.73. The molecular formula is C12H13F3N2O3. The fourth-order valence-electron chi connectivity index (χ4n) is 1.83. The number of benzene rings is 1. The van der Waals surface area contributed by atoms with Gasteiger partial charge in [-0.1, -0.05) is 30.3 Å². The van der Waals surface area contributed by atoms with Crippen LogP contribution in [0, 0.1) is 0 Å². The Kier molecular flexibility index (Phi) is 3.61. The molecule has 1 aliphatic heterocycles. The number of hydrogen-bond donors (Lipinski definition) is 2. The van der Waals surface area contributed by atoms with Crippen molar-refractivity contribution in [1.82, 2.24) is 4.90 Å². The van der Waals surface area contributed by atoms with Crippen LogP contribution in [0.1, 0.15) is 5.56 Å². The Hall–Kier alpha value is -1.80. The van der Waals surface area contributed by atoms with Crippen molar-refractivity contribution in [3.05, 3.63) is 35.9 Å². The van der Waals surface area contributed by atoms with E-state index < -0.39 is 30.6 Å². The maximum absolute atomic E-state index is 12.5. The first-order chi connectivity index (χ1) is 9.25. The van der Waals surface area contributed by atoms with E-state index in [0.29, 0.717) is 10.5 Å². The van der Waals surface area contributed by atoms with E-state index in [0.717, 1.165) is 0 Å². The summed E-state index contributed by atoms with van der Waals surface area (Å²) >= 11 is 0. The highest BCUT2D eigenvalue weighted by Crippen LogP contribution is 2.40. The molecular weight excluding hydrogens is 277 g/mol. The maximum atomic E-state index is 12.5. The number of β-amino-alcohol motifs (C(OH)–C–C–N with tert-alkyl or cyclic N) is 1. The number of alkyl halides is 3. The average Bonchev–Trinajstić information content (AvgIpc) is 2.41. The van der Waals surface area contributed by atoms with Crippen molar-refractivity contribution in [1.29, 1.82) is 0 Å². The summed E-state index contributed by atoms with van der Waals surface area (Å²) in [7, 11) is 0. The van der Waals surface area contributed by atoms with Crippen LogP contribution < -0.4 is 5.73 Å². The molecule has 110 valence electrons. The second-order valence-corrected chi connectivity index (χ2v) is 4.53. The monoisotopic (exact) mass is 290 g/mol. The number of nitrogens with zero attached hydrogens (tertiary/aromatic N) is 1. The standard InChI is InChI=1S/C12H13F3N2O3/c13-12(14,15)11(19)7-17(9(11)16)10(18)20-6-8-4-2-1-3-5-8/h1-5,9,19H,6-7,16H2. The molecule has 1 aromatic rings. The molecule has 5 nitrogen and oxygen atoms in total. The van der Waals surface area contributed by atoms with E-state index in [1.165, 1.54) is 0 Å². The van der Waals surface area contributed by atoms with E-state index in [1.807, 2.05) is 0 Å². The van der Waals surface area contributed by atoms with Crippen LogP contribution in [0.4, 0.5) is 18.0 Å². The first kappa shape index (κ1) is 14.6. The largest absolute Gasteiger partial charge is 0.445 e. The SMILES string of the molecule is NC1N(C(=O)OCc2ccccc2)CC1(O)C(F)(F)F. The maximum Gasteiger partial charge on any atom is 0.422 e. The summed E-state index contributed by atoms with van der Waals surface area (Å²) in [6, 6.07) is 8.66. The number of carbonyl (C=O) groups is 1. The van der Waals surface area contributed by atoms with Crippen molar-refractivity contribution in [3.8, 4) is 0 Å². The van der Waals surface area contributed by atoms with Crippen molar-refractivity contribution < 1.29 is 27.8 Å². The highest BCUT2D eigenvalue weighted by molar-refractivity contribution is 5.70. The molecule has 0 aliphatic carbocycles. The lowest BCUT2D eigenvalue weighted by atomic mass is 9.89. The van der Waals surface area contributed by atoms with Crippen LogP contribution in [0.15, 0.2) is 30.3 Å². The van der Waals surface area contributed by atoms with Crippen molar-refractivity contribution in [2.75, 3.05) is 6.54 Å². The van der Waals surface area contributed by atoms with Gasteiger partial charge in [0.25, 0.3) is 0 Å². The van der Waals surface area contributed by atoms with Crippen molar-refractivity contribution >= 4 is 6.09 Å². The van der Waals surface area contributed by atoms with Gasteiger partial charge in [-0.25, -0.2) is 4.79 Å². The Bertz CT molecular complexity index is 494. The zero-order valence-electron chi connectivity index (χ0n) is 10.3. The molecule has 0 spiro atoms. The molecule has 1 aromatic carbocycles. The molecule has 1 amide bonds. The van der Waals surface area contributed by atoms with E-state index in [2.05, 4.69) is 0 Å². The lowest BCUT2D eigenvalue weighted by Gasteiger charge is -2.51. The summed E-state index contributed by atoms with van der Waals surface area (Å²) in [4.78, 5) is 12.2. The third kappa shape index (κ3) is 2.44. The van der Waals surface area contributed by atoms with Gasteiger partial charge in [-0.15, -0.1) is 0 Å². The average molecular weight is 290 g/mol. The van der Waals surface area contributed by atoms with Crippen LogP contribution in [0.5, 0.6) is 0 Å². The second kappa shape index (κ2) is 4.95. The van der Waals surface area contributed by atoms with E-state index in [4.69, 9.17) is 10.5 Å². The summed E-state index contributed by atoms with van der Waals surface area (Å²) < 4.78 is 42.4. The van der Waals surface area contributed by atoms with Crippen molar-refractivity contribution in [2.45, 2.75) is 24.6 Å². The molecule has 3 N–H and O–H groups in total. The van der Waals surface area contributed by atoms with Crippen molar-refractivity contribution in [3.63, 3.8) is 0 Å². The van der Waals surface area contributed by atoms with E-state index in [9.17, 15) is 23.1 Å². The molecule has 2 rings (SSSR count). The number of amides is 1. The van der Waals surface area contributed by atoms with E-state index in [-0.39, 0.29) is 6.61 Å². The first-order valence-corrected chi connectivity index (χ1v) is 5.78. The molecule has 2 atom stereocenters. The Balaban J connectivity index is 1.90. The van der Waals surface area contributed by atoms with Crippen LogP contribution >= 0.6 is 0 Å². The number of hydrogen-bond acceptors (Lipinski definition) is 4. The van der Waals surface area contributed by atoms with Crippen LogP contribution in [-0.4, -0.2) is 40.6 Å². The minimum Gasteiger partial charge on any atom is -0.445 e. The van der Waals surface area contributed by atoms with E-state index >= 15 is 0 Å². The van der Waals surface area contributed by atoms with Gasteiger partial charge in [-0.05, 0) is 5.56 Å². The highest BCUT2D eigenvalue weighted by atomic mass is 19.4. The lowest BCUT2D eigenvalue weighted by molar-refractivity contribution is -0.317. The van der Waals surface area contributed by atoms with Gasteiger partial charge in [0, 0.05) is 0 Å². The number of rotatable bonds is 2. The number of nitrogens with two attached hydrogens (primary N) is 1. The molecule has 0 bridgehead atoms. The minimum atomic E-state index is -4.89. The smallest absolute Gasteiger partial charge is 0.422 e. The number of halogens is 3. The molecule has 0 radical (unpaired) electrons. The minimum absolute atomic E-state index is 0.0761. The molecule has 0 saturated carbocycles. The van der Waals surface area contributed by atoms with Gasteiger partial charge >= 0.3 is 12.3 Å². The molecule has 8 heteroatoms. The molecule has 1 heterocycles. The Morgan fingerprint density at radius 3 is 2.55 bits per heavy atom. The van der Waals surface area contributed by atoms with Crippen LogP contribution in [0.3, 0.4) is 0 Å². The van der Waals surface area contributed by atoms with Gasteiger partial charge in [0.2, 0.25) is 5.60 Å². The summed E-state index contributed by atoms with van der Waals surface area (Å²) in [5.74, 6) is 0. The Labute approximate surface area is 112 Å². The molecule has 1 saturated heterocycles. The van der Waals surface area contributed by atoms with Gasteiger partial charge in [-0.3, -0.25) is 4.90 Å². The van der Waals surface area contributed by atoms with Crippen LogP contribution in [-0.2, 0) is 11.3 Å². The predicted octanol–water partition coefficient (Wildman–Crippen LogP) is 1.22. The molecule has 1 aliphatic rings. The zero-order valence-corrected chi connectivity index (χ0v) is 10.3. The first-order valence-electron chi connectivity index (χ1n) is 5.78. The summed E-state index contributed by atoms with van der Waals surface area (Å²) in [5.41, 5.74) is 2.84. The van der Waals surface area contributed by atoms with Gasteiger partial charge in [0.1, 0.15) is 12.8 Å². The summed E-state index contributed by atoms with van der Waals surface area (Å²) in [5, 5.41) is 9.32. The number of ether oxygens (including phenoxy) is 1. The normalized spacial score (nSPS) is 26.1. The van der Waals surface area contributed by atoms with E-state index in [1.54, 1.807) is 30.3 Å². The van der Waals surface area contributed by atoms with Crippen LogP contribution in [0.2, 0.25) is 0 Å². The third-order valence-electron chi connectivity index (χ3n) is 3.17. The number of aliphatic hydroxyl groups is 1. The summed E-state index contributed by atoms with van der Waals surface area (Å²) in [6.45, 7) is -1.00. The van der Waals surface area contributed by atoms with Gasteiger partial charge in [-0.2, -0.15) is 13.2 Å². The number of likely N-dealkylation sites (tertiary alicyclic amines) is 1. The van der Waals surface area contributed by atoms with Gasteiger partial charge in [0.15, 0.2) is 0 Å². The highest BCUT2D eigenvalue weighted by Gasteiger charge is 2.68. The predicted molar refractivity (Wildman–Crippen MR) is 62.3 cm³/mol. The molecule has 2 unspecified atom stereocenters. The third-order valence-corrected chi connectivity index (χ3v) is 3.17. The quantitative estimate of drug-likeness (QED) is 0.858. The van der Waals surface area contributed by atoms with Crippen molar-refractivity contribution in [2.24, 2.45) is 5.73 Å². The lowest BCUT2D eigenvalue weighted by Crippen LogP contribution is -2.80. The Morgan fingerprint density at radius 1 is 1.45 bits per heavy atom. The number of carbonyl (C=O) groups excluding carboxylic acids is 1. The fraction of sp³-hybridized carbons (Fsp3) is 0.417. The molecule has 20 heavy (non-hydrogen) atoms.